The van der Waals surface area contributed by atoms with E-state index in [9.17, 15) is 13.2 Å². The maximum Gasteiger partial charge on any atom is 0.417 e. The molecule has 0 amide bonds. The first-order chi connectivity index (χ1) is 10.4. The summed E-state index contributed by atoms with van der Waals surface area (Å²) in [6.45, 7) is 6.33. The van der Waals surface area contributed by atoms with Crippen LogP contribution in [-0.4, -0.2) is 30.6 Å². The molecule has 1 heterocycles. The summed E-state index contributed by atoms with van der Waals surface area (Å²) in [4.78, 5) is 2.26. The number of nitrogens with zero attached hydrogens (tertiary/aromatic N) is 2. The van der Waals surface area contributed by atoms with Crippen molar-refractivity contribution in [1.29, 1.82) is 5.26 Å². The third-order valence-corrected chi connectivity index (χ3v) is 3.79. The lowest BCUT2D eigenvalue weighted by Crippen LogP contribution is -2.39. The summed E-state index contributed by atoms with van der Waals surface area (Å²) < 4.78 is 38.8. The molecule has 0 bridgehead atoms. The monoisotopic (exact) mass is 309 g/mol. The van der Waals surface area contributed by atoms with Crippen molar-refractivity contribution in [3.8, 4) is 6.07 Å². The van der Waals surface area contributed by atoms with E-state index >= 15 is 0 Å². The number of piperidine rings is 1. The number of likely N-dealkylation sites (tertiary alicyclic amines) is 1. The minimum absolute atomic E-state index is 0.148. The minimum Gasteiger partial charge on any atom is -0.382 e. The van der Waals surface area contributed by atoms with E-state index in [0.29, 0.717) is 5.69 Å². The largest absolute Gasteiger partial charge is 0.417 e. The van der Waals surface area contributed by atoms with Crippen LogP contribution in [0.2, 0.25) is 0 Å². The van der Waals surface area contributed by atoms with Crippen LogP contribution in [0.1, 0.15) is 24.0 Å². The number of anilines is 1. The lowest BCUT2D eigenvalue weighted by molar-refractivity contribution is -0.137. The molecule has 0 saturated carbocycles. The molecule has 2 rings (SSSR count). The smallest absolute Gasteiger partial charge is 0.382 e. The van der Waals surface area contributed by atoms with Crippen LogP contribution in [0.15, 0.2) is 30.9 Å². The quantitative estimate of drug-likeness (QED) is 0.863. The normalized spacial score (nSPS) is 17.0. The van der Waals surface area contributed by atoms with Crippen LogP contribution < -0.4 is 5.32 Å². The van der Waals surface area contributed by atoms with Crippen molar-refractivity contribution in [3.63, 3.8) is 0 Å². The van der Waals surface area contributed by atoms with E-state index in [-0.39, 0.29) is 11.6 Å². The van der Waals surface area contributed by atoms with Gasteiger partial charge in [-0.05, 0) is 31.0 Å². The molecular weight excluding hydrogens is 291 g/mol. The van der Waals surface area contributed by atoms with Crippen molar-refractivity contribution >= 4 is 5.69 Å². The predicted octanol–water partition coefficient (Wildman–Crippen LogP) is 3.64. The van der Waals surface area contributed by atoms with Crippen LogP contribution in [0.25, 0.3) is 0 Å². The highest BCUT2D eigenvalue weighted by Crippen LogP contribution is 2.34. The number of nitrogens with one attached hydrogen (secondary N) is 1. The van der Waals surface area contributed by atoms with Crippen LogP contribution in [0.3, 0.4) is 0 Å². The SMILES string of the molecule is C=CCN1CCC(Nc2ccc(C#N)c(C(F)(F)F)c2)CC1. The molecule has 0 aliphatic carbocycles. The summed E-state index contributed by atoms with van der Waals surface area (Å²) in [7, 11) is 0. The van der Waals surface area contributed by atoms with E-state index in [1.807, 2.05) is 6.08 Å². The van der Waals surface area contributed by atoms with E-state index in [0.717, 1.165) is 38.5 Å². The van der Waals surface area contributed by atoms with E-state index in [2.05, 4.69) is 16.8 Å². The van der Waals surface area contributed by atoms with Gasteiger partial charge in [0.15, 0.2) is 0 Å². The molecule has 1 saturated heterocycles. The first-order valence-corrected chi connectivity index (χ1v) is 7.15. The van der Waals surface area contributed by atoms with E-state index < -0.39 is 11.7 Å². The van der Waals surface area contributed by atoms with Crippen LogP contribution in [-0.2, 0) is 6.18 Å². The van der Waals surface area contributed by atoms with Gasteiger partial charge in [-0.1, -0.05) is 6.08 Å². The fourth-order valence-electron chi connectivity index (χ4n) is 2.64. The second-order valence-electron chi connectivity index (χ2n) is 5.38. The molecule has 1 aliphatic heterocycles. The van der Waals surface area contributed by atoms with E-state index in [1.54, 1.807) is 6.07 Å². The van der Waals surface area contributed by atoms with Crippen molar-refractivity contribution in [2.24, 2.45) is 0 Å². The summed E-state index contributed by atoms with van der Waals surface area (Å²) >= 11 is 0. The molecule has 0 atom stereocenters. The maximum atomic E-state index is 12.9. The highest BCUT2D eigenvalue weighted by Gasteiger charge is 2.34. The molecule has 0 aromatic heterocycles. The Balaban J connectivity index is 2.05. The molecule has 118 valence electrons. The molecule has 1 aliphatic rings. The highest BCUT2D eigenvalue weighted by molar-refractivity contribution is 5.53. The van der Waals surface area contributed by atoms with Gasteiger partial charge >= 0.3 is 6.18 Å². The van der Waals surface area contributed by atoms with Gasteiger partial charge in [0, 0.05) is 31.4 Å². The van der Waals surface area contributed by atoms with Gasteiger partial charge in [0.05, 0.1) is 17.2 Å². The Labute approximate surface area is 128 Å². The number of alkyl halides is 3. The lowest BCUT2D eigenvalue weighted by atomic mass is 10.0. The molecule has 1 N–H and O–H groups in total. The maximum absolute atomic E-state index is 12.9. The summed E-state index contributed by atoms with van der Waals surface area (Å²) in [5.41, 5.74) is -0.823. The molecule has 0 unspecified atom stereocenters. The Morgan fingerprint density at radius 3 is 2.59 bits per heavy atom. The highest BCUT2D eigenvalue weighted by atomic mass is 19.4. The van der Waals surface area contributed by atoms with E-state index in [1.165, 1.54) is 12.1 Å². The van der Waals surface area contributed by atoms with Gasteiger partial charge in [0.2, 0.25) is 0 Å². The van der Waals surface area contributed by atoms with Gasteiger partial charge in [-0.15, -0.1) is 6.58 Å². The Morgan fingerprint density at radius 2 is 2.05 bits per heavy atom. The fourth-order valence-corrected chi connectivity index (χ4v) is 2.64. The molecule has 0 radical (unpaired) electrons. The predicted molar refractivity (Wildman–Crippen MR) is 79.4 cm³/mol. The van der Waals surface area contributed by atoms with Gasteiger partial charge in [0.25, 0.3) is 0 Å². The number of benzene rings is 1. The van der Waals surface area contributed by atoms with Crippen molar-refractivity contribution < 1.29 is 13.2 Å². The summed E-state index contributed by atoms with van der Waals surface area (Å²) in [6, 6.07) is 5.51. The average molecular weight is 309 g/mol. The van der Waals surface area contributed by atoms with Crippen molar-refractivity contribution in [1.82, 2.24) is 4.90 Å². The molecular formula is C16H18F3N3. The van der Waals surface area contributed by atoms with Crippen LogP contribution in [0.4, 0.5) is 18.9 Å². The number of hydrogen-bond donors (Lipinski definition) is 1. The van der Waals surface area contributed by atoms with Crippen LogP contribution >= 0.6 is 0 Å². The molecule has 1 aromatic rings. The van der Waals surface area contributed by atoms with Gasteiger partial charge in [-0.2, -0.15) is 18.4 Å². The standard InChI is InChI=1S/C16H18F3N3/c1-2-7-22-8-5-13(6-9-22)21-14-4-3-12(11-20)15(10-14)16(17,18)19/h2-4,10,13,21H,1,5-9H2. The zero-order valence-electron chi connectivity index (χ0n) is 12.2. The third-order valence-electron chi connectivity index (χ3n) is 3.79. The first-order valence-electron chi connectivity index (χ1n) is 7.15. The van der Waals surface area contributed by atoms with Crippen molar-refractivity contribution in [3.05, 3.63) is 42.0 Å². The second-order valence-corrected chi connectivity index (χ2v) is 5.38. The number of halogens is 3. The zero-order valence-corrected chi connectivity index (χ0v) is 12.2. The molecule has 0 spiro atoms. The topological polar surface area (TPSA) is 39.1 Å². The first kappa shape index (κ1) is 16.4. The summed E-state index contributed by atoms with van der Waals surface area (Å²) in [5.74, 6) is 0. The number of nitriles is 1. The Kier molecular flexibility index (Phi) is 5.09. The van der Waals surface area contributed by atoms with Gasteiger partial charge in [0.1, 0.15) is 0 Å². The van der Waals surface area contributed by atoms with Crippen molar-refractivity contribution in [2.75, 3.05) is 25.0 Å². The van der Waals surface area contributed by atoms with Crippen molar-refractivity contribution in [2.45, 2.75) is 25.1 Å². The molecule has 6 heteroatoms. The Hall–Kier alpha value is -2.00. The second kappa shape index (κ2) is 6.84. The molecule has 3 nitrogen and oxygen atoms in total. The Morgan fingerprint density at radius 1 is 1.36 bits per heavy atom. The molecule has 1 fully saturated rings. The lowest BCUT2D eigenvalue weighted by Gasteiger charge is -2.32. The average Bonchev–Trinajstić information content (AvgIpc) is 2.48. The molecule has 1 aromatic carbocycles. The summed E-state index contributed by atoms with van der Waals surface area (Å²) in [5, 5.41) is 11.9. The van der Waals surface area contributed by atoms with E-state index in [4.69, 9.17) is 5.26 Å². The van der Waals surface area contributed by atoms with Crippen LogP contribution in [0.5, 0.6) is 0 Å². The minimum atomic E-state index is -4.52. The van der Waals surface area contributed by atoms with Gasteiger partial charge in [-0.25, -0.2) is 0 Å². The third kappa shape index (κ3) is 4.01. The summed E-state index contributed by atoms with van der Waals surface area (Å²) in [6.07, 6.45) is -0.926. The zero-order chi connectivity index (χ0) is 16.2. The molecule has 22 heavy (non-hydrogen) atoms. The number of hydrogen-bond acceptors (Lipinski definition) is 3. The number of rotatable bonds is 4. The fraction of sp³-hybridized carbons (Fsp3) is 0.438. The van der Waals surface area contributed by atoms with Gasteiger partial charge < -0.3 is 5.32 Å². The Bertz CT molecular complexity index is 567. The van der Waals surface area contributed by atoms with Gasteiger partial charge in [-0.3, -0.25) is 4.90 Å². The van der Waals surface area contributed by atoms with Crippen LogP contribution in [0, 0.1) is 11.3 Å².